The Morgan fingerprint density at radius 3 is 2.47 bits per heavy atom. The van der Waals surface area contributed by atoms with E-state index >= 15 is 0 Å². The molecule has 0 aliphatic rings. The molecule has 0 saturated heterocycles. The van der Waals surface area contributed by atoms with Crippen molar-refractivity contribution in [3.8, 4) is 0 Å². The third-order valence-corrected chi connectivity index (χ3v) is 2.93. The zero-order valence-corrected chi connectivity index (χ0v) is 10.2. The first-order valence-corrected chi connectivity index (χ1v) is 6.05. The van der Waals surface area contributed by atoms with Crippen LogP contribution in [0.3, 0.4) is 0 Å². The lowest BCUT2D eigenvalue weighted by atomic mass is 10.1. The van der Waals surface area contributed by atoms with Crippen LogP contribution in [-0.4, -0.2) is 10.2 Å². The van der Waals surface area contributed by atoms with E-state index in [1.165, 1.54) is 0 Å². The minimum absolute atomic E-state index is 0.0541. The maximum atomic E-state index is 12.2. The molecular formula is C16H12N2O. The number of aromatic amines is 1. The molecule has 0 fully saturated rings. The SMILES string of the molecule is O=c1c(/C=C/c2ccccc2)n[nH]c2ccccc12. The smallest absolute Gasteiger partial charge is 0.215 e. The second-order valence-electron chi connectivity index (χ2n) is 4.23. The van der Waals surface area contributed by atoms with Crippen molar-refractivity contribution < 1.29 is 0 Å². The molecule has 0 radical (unpaired) electrons. The summed E-state index contributed by atoms with van der Waals surface area (Å²) < 4.78 is 0. The second kappa shape index (κ2) is 4.90. The Balaban J connectivity index is 2.05. The van der Waals surface area contributed by atoms with E-state index in [1.54, 1.807) is 12.1 Å². The zero-order valence-electron chi connectivity index (χ0n) is 10.2. The van der Waals surface area contributed by atoms with Crippen LogP contribution in [0.5, 0.6) is 0 Å². The van der Waals surface area contributed by atoms with Crippen molar-refractivity contribution in [1.82, 2.24) is 10.2 Å². The number of aromatic nitrogens is 2. The van der Waals surface area contributed by atoms with Crippen LogP contribution in [0.25, 0.3) is 23.1 Å². The van der Waals surface area contributed by atoms with Gasteiger partial charge in [0.05, 0.1) is 5.52 Å². The Kier molecular flexibility index (Phi) is 2.94. The van der Waals surface area contributed by atoms with Gasteiger partial charge in [-0.05, 0) is 23.8 Å². The lowest BCUT2D eigenvalue weighted by molar-refractivity contribution is 1.05. The third kappa shape index (κ3) is 2.31. The average molecular weight is 248 g/mol. The molecule has 2 aromatic carbocycles. The highest BCUT2D eigenvalue weighted by atomic mass is 16.1. The quantitative estimate of drug-likeness (QED) is 0.757. The van der Waals surface area contributed by atoms with Crippen molar-refractivity contribution in [3.63, 3.8) is 0 Å². The fourth-order valence-corrected chi connectivity index (χ4v) is 1.94. The van der Waals surface area contributed by atoms with E-state index in [-0.39, 0.29) is 5.43 Å². The Morgan fingerprint density at radius 1 is 0.895 bits per heavy atom. The maximum absolute atomic E-state index is 12.2. The zero-order chi connectivity index (χ0) is 13.1. The van der Waals surface area contributed by atoms with Crippen LogP contribution in [-0.2, 0) is 0 Å². The number of hydrogen-bond donors (Lipinski definition) is 1. The summed E-state index contributed by atoms with van der Waals surface area (Å²) in [4.78, 5) is 12.2. The summed E-state index contributed by atoms with van der Waals surface area (Å²) in [7, 11) is 0. The Bertz CT molecular complexity index is 788. The summed E-state index contributed by atoms with van der Waals surface area (Å²) in [6.45, 7) is 0. The van der Waals surface area contributed by atoms with Crippen LogP contribution in [0.15, 0.2) is 59.4 Å². The van der Waals surface area contributed by atoms with Crippen LogP contribution in [0, 0.1) is 0 Å². The third-order valence-electron chi connectivity index (χ3n) is 2.93. The van der Waals surface area contributed by atoms with Gasteiger partial charge in [-0.3, -0.25) is 9.89 Å². The lowest BCUT2D eigenvalue weighted by Crippen LogP contribution is -2.09. The van der Waals surface area contributed by atoms with Crippen LogP contribution in [0.1, 0.15) is 11.3 Å². The standard InChI is InChI=1S/C16H12N2O/c19-16-13-8-4-5-9-14(13)17-18-15(16)11-10-12-6-2-1-3-7-12/h1-11H,(H,17,19)/b11-10+. The molecule has 0 aliphatic heterocycles. The van der Waals surface area contributed by atoms with Crippen LogP contribution >= 0.6 is 0 Å². The number of nitrogens with one attached hydrogen (secondary N) is 1. The molecule has 3 nitrogen and oxygen atoms in total. The number of fused-ring (bicyclic) bond motifs is 1. The number of nitrogens with zero attached hydrogens (tertiary/aromatic N) is 1. The van der Waals surface area contributed by atoms with Gasteiger partial charge in [0.2, 0.25) is 5.43 Å². The molecule has 0 unspecified atom stereocenters. The van der Waals surface area contributed by atoms with Crippen molar-refractivity contribution in [2.45, 2.75) is 0 Å². The van der Waals surface area contributed by atoms with Crippen molar-refractivity contribution in [1.29, 1.82) is 0 Å². The number of hydrogen-bond acceptors (Lipinski definition) is 2. The lowest BCUT2D eigenvalue weighted by Gasteiger charge is -1.98. The highest BCUT2D eigenvalue weighted by Crippen LogP contribution is 2.07. The van der Waals surface area contributed by atoms with E-state index in [9.17, 15) is 4.79 Å². The molecular weight excluding hydrogens is 236 g/mol. The Labute approximate surface area is 110 Å². The van der Waals surface area contributed by atoms with Gasteiger partial charge in [0.15, 0.2) is 0 Å². The molecule has 3 heteroatoms. The van der Waals surface area contributed by atoms with Gasteiger partial charge in [-0.2, -0.15) is 5.10 Å². The minimum Gasteiger partial charge on any atom is -0.287 e. The van der Waals surface area contributed by atoms with Gasteiger partial charge < -0.3 is 0 Å². The molecule has 0 spiro atoms. The predicted molar refractivity (Wildman–Crippen MR) is 77.7 cm³/mol. The molecule has 92 valence electrons. The van der Waals surface area contributed by atoms with Gasteiger partial charge in [0, 0.05) is 5.39 Å². The number of benzene rings is 2. The van der Waals surface area contributed by atoms with Crippen LogP contribution in [0.4, 0.5) is 0 Å². The molecule has 0 atom stereocenters. The first-order chi connectivity index (χ1) is 9.34. The number of H-pyrrole nitrogens is 1. The van der Waals surface area contributed by atoms with E-state index in [2.05, 4.69) is 10.2 Å². The highest BCUT2D eigenvalue weighted by molar-refractivity contribution is 5.80. The van der Waals surface area contributed by atoms with Gasteiger partial charge in [0.1, 0.15) is 5.69 Å². The van der Waals surface area contributed by atoms with E-state index in [4.69, 9.17) is 0 Å². The fourth-order valence-electron chi connectivity index (χ4n) is 1.94. The molecule has 0 saturated carbocycles. The number of rotatable bonds is 2. The average Bonchev–Trinajstić information content (AvgIpc) is 2.48. The van der Waals surface area contributed by atoms with Gasteiger partial charge >= 0.3 is 0 Å². The molecule has 3 aromatic rings. The van der Waals surface area contributed by atoms with Gasteiger partial charge in [-0.25, -0.2) is 0 Å². The largest absolute Gasteiger partial charge is 0.287 e. The molecule has 1 N–H and O–H groups in total. The van der Waals surface area contributed by atoms with Crippen LogP contribution < -0.4 is 5.43 Å². The van der Waals surface area contributed by atoms with Gasteiger partial charge in [0.25, 0.3) is 0 Å². The van der Waals surface area contributed by atoms with E-state index in [0.717, 1.165) is 11.1 Å². The van der Waals surface area contributed by atoms with E-state index in [0.29, 0.717) is 11.1 Å². The summed E-state index contributed by atoms with van der Waals surface area (Å²) in [6.07, 6.45) is 3.62. The normalized spacial score (nSPS) is 11.2. The van der Waals surface area contributed by atoms with Gasteiger partial charge in [-0.1, -0.05) is 48.5 Å². The van der Waals surface area contributed by atoms with Crippen molar-refractivity contribution in [2.24, 2.45) is 0 Å². The Morgan fingerprint density at radius 2 is 1.63 bits per heavy atom. The van der Waals surface area contributed by atoms with E-state index in [1.807, 2.05) is 54.6 Å². The molecule has 0 bridgehead atoms. The molecule has 1 aromatic heterocycles. The fraction of sp³-hybridized carbons (Fsp3) is 0. The molecule has 0 amide bonds. The number of para-hydroxylation sites is 1. The van der Waals surface area contributed by atoms with Crippen molar-refractivity contribution in [2.75, 3.05) is 0 Å². The first-order valence-electron chi connectivity index (χ1n) is 6.05. The van der Waals surface area contributed by atoms with E-state index < -0.39 is 0 Å². The topological polar surface area (TPSA) is 45.8 Å². The maximum Gasteiger partial charge on any atom is 0.215 e. The van der Waals surface area contributed by atoms with Crippen LogP contribution in [0.2, 0.25) is 0 Å². The predicted octanol–water partition coefficient (Wildman–Crippen LogP) is 3.09. The van der Waals surface area contributed by atoms with Crippen molar-refractivity contribution >= 4 is 23.1 Å². The summed E-state index contributed by atoms with van der Waals surface area (Å²) in [5, 5.41) is 7.65. The second-order valence-corrected chi connectivity index (χ2v) is 4.23. The van der Waals surface area contributed by atoms with Crippen molar-refractivity contribution in [3.05, 3.63) is 76.1 Å². The molecule has 0 aliphatic carbocycles. The minimum atomic E-state index is -0.0541. The summed E-state index contributed by atoms with van der Waals surface area (Å²) >= 11 is 0. The Hall–Kier alpha value is -2.68. The summed E-state index contributed by atoms with van der Waals surface area (Å²) in [5.74, 6) is 0. The van der Waals surface area contributed by atoms with Gasteiger partial charge in [-0.15, -0.1) is 0 Å². The molecule has 1 heterocycles. The highest BCUT2D eigenvalue weighted by Gasteiger charge is 2.02. The summed E-state index contributed by atoms with van der Waals surface area (Å²) in [5.41, 5.74) is 2.16. The molecule has 19 heavy (non-hydrogen) atoms. The first kappa shape index (κ1) is 11.4. The monoisotopic (exact) mass is 248 g/mol. The molecule has 3 rings (SSSR count). The summed E-state index contributed by atoms with van der Waals surface area (Å²) in [6, 6.07) is 17.2.